The first-order valence-corrected chi connectivity index (χ1v) is 18.0. The molecule has 0 spiro atoms. The van der Waals surface area contributed by atoms with E-state index in [0.29, 0.717) is 35.8 Å². The Morgan fingerprint density at radius 2 is 1.34 bits per heavy atom. The fourth-order valence-electron chi connectivity index (χ4n) is 10.1. The quantitative estimate of drug-likeness (QED) is 0.369. The van der Waals surface area contributed by atoms with E-state index in [1.807, 2.05) is 0 Å². The van der Waals surface area contributed by atoms with Gasteiger partial charge in [0, 0.05) is 47.7 Å². The largest absolute Gasteiger partial charge is 0.367 e. The van der Waals surface area contributed by atoms with E-state index in [2.05, 4.69) is 138 Å². The minimum atomic E-state index is 0.379. The Kier molecular flexibility index (Phi) is 6.45. The molecule has 0 amide bonds. The molecular formula is C45H42N2. The van der Waals surface area contributed by atoms with Crippen molar-refractivity contribution in [2.75, 3.05) is 0 Å². The van der Waals surface area contributed by atoms with Crippen LogP contribution in [0.5, 0.6) is 0 Å². The van der Waals surface area contributed by atoms with Gasteiger partial charge in [0.2, 0.25) is 0 Å². The number of hydrogen-bond acceptors (Lipinski definition) is 2. The molecule has 47 heavy (non-hydrogen) atoms. The van der Waals surface area contributed by atoms with Crippen molar-refractivity contribution < 1.29 is 0 Å². The van der Waals surface area contributed by atoms with E-state index in [1.54, 1.807) is 22.3 Å². The average Bonchev–Trinajstić information content (AvgIpc) is 3.72. The van der Waals surface area contributed by atoms with Crippen LogP contribution in [0.15, 0.2) is 167 Å². The summed E-state index contributed by atoms with van der Waals surface area (Å²) in [4.78, 5) is 2.37. The van der Waals surface area contributed by atoms with Crippen molar-refractivity contribution in [3.8, 4) is 0 Å². The van der Waals surface area contributed by atoms with Crippen LogP contribution >= 0.6 is 0 Å². The predicted molar refractivity (Wildman–Crippen MR) is 193 cm³/mol. The number of benzene rings is 1. The van der Waals surface area contributed by atoms with Gasteiger partial charge in [-0.1, -0.05) is 127 Å². The first kappa shape index (κ1) is 27.5. The smallest absolute Gasteiger partial charge is 0.103 e. The summed E-state index contributed by atoms with van der Waals surface area (Å²) < 4.78 is 0. The van der Waals surface area contributed by atoms with Crippen LogP contribution in [0, 0.1) is 29.6 Å². The molecule has 9 aliphatic rings. The number of nitrogens with zero attached hydrogens (tertiary/aromatic N) is 1. The molecule has 1 aromatic carbocycles. The molecule has 0 saturated heterocycles. The molecule has 0 bridgehead atoms. The van der Waals surface area contributed by atoms with Gasteiger partial charge in [-0.25, -0.2) is 0 Å². The summed E-state index contributed by atoms with van der Waals surface area (Å²) in [5.74, 6) is 1.95. The number of rotatable bonds is 4. The van der Waals surface area contributed by atoms with E-state index >= 15 is 0 Å². The van der Waals surface area contributed by atoms with E-state index < -0.39 is 0 Å². The first-order valence-electron chi connectivity index (χ1n) is 18.0. The van der Waals surface area contributed by atoms with Crippen LogP contribution in [0.25, 0.3) is 11.1 Å². The second kappa shape index (κ2) is 11.0. The van der Waals surface area contributed by atoms with Crippen molar-refractivity contribution in [2.45, 2.75) is 51.1 Å². The van der Waals surface area contributed by atoms with Gasteiger partial charge in [-0.2, -0.15) is 0 Å². The topological polar surface area (TPSA) is 15.3 Å². The normalized spacial score (nSPS) is 32.6. The third kappa shape index (κ3) is 4.30. The van der Waals surface area contributed by atoms with E-state index in [4.69, 9.17) is 0 Å². The van der Waals surface area contributed by atoms with Gasteiger partial charge in [-0.15, -0.1) is 0 Å². The molecule has 2 heterocycles. The molecule has 2 heteroatoms. The van der Waals surface area contributed by atoms with Gasteiger partial charge < -0.3 is 10.2 Å². The van der Waals surface area contributed by atoms with Gasteiger partial charge in [-0.05, 0) is 88.8 Å². The van der Waals surface area contributed by atoms with E-state index in [0.717, 1.165) is 38.5 Å². The molecule has 6 unspecified atom stereocenters. The molecule has 1 saturated carbocycles. The van der Waals surface area contributed by atoms with Gasteiger partial charge in [0.25, 0.3) is 0 Å². The Morgan fingerprint density at radius 1 is 0.638 bits per heavy atom. The summed E-state index contributed by atoms with van der Waals surface area (Å²) in [6.07, 6.45) is 48.9. The summed E-state index contributed by atoms with van der Waals surface area (Å²) in [5.41, 5.74) is 13.9. The second-order valence-electron chi connectivity index (χ2n) is 14.5. The van der Waals surface area contributed by atoms with Crippen molar-refractivity contribution in [1.29, 1.82) is 0 Å². The minimum absolute atomic E-state index is 0.379. The fourth-order valence-corrected chi connectivity index (χ4v) is 10.1. The average molecular weight is 611 g/mol. The Hall–Kier alpha value is -4.56. The van der Waals surface area contributed by atoms with Crippen molar-refractivity contribution >= 4 is 11.1 Å². The van der Waals surface area contributed by atoms with Gasteiger partial charge in [0.05, 0.1) is 0 Å². The summed E-state index contributed by atoms with van der Waals surface area (Å²) in [5, 5.41) is 6.79. The van der Waals surface area contributed by atoms with Crippen LogP contribution < -0.4 is 15.8 Å². The Labute approximate surface area is 278 Å². The molecule has 232 valence electrons. The fraction of sp³-hybridized carbons (Fsp3) is 0.289. The highest BCUT2D eigenvalue weighted by atomic mass is 15.3. The first-order chi connectivity index (χ1) is 23.3. The van der Waals surface area contributed by atoms with Crippen LogP contribution in [0.1, 0.15) is 44.9 Å². The third-order valence-electron chi connectivity index (χ3n) is 12.1. The van der Waals surface area contributed by atoms with Crippen LogP contribution in [-0.4, -0.2) is 11.1 Å². The van der Waals surface area contributed by atoms with Crippen molar-refractivity contribution in [3.05, 3.63) is 177 Å². The third-order valence-corrected chi connectivity index (χ3v) is 12.1. The molecule has 0 aromatic heterocycles. The standard InChI is InChI=1S/C45H42N2/c1-3-13-29(14-4-1)41-35-19-7-8-20-36(35)42(30-15-5-2-6-16-30)45-38-25-24-33(34-21-12-22-37(43(34)38)44(41)45)31-17-11-18-32(27-31)39-28-47-26-10-9-23-40(47)46-39/h1-3,5,7-8,10-13,15,17-22,24-26,28,32,34,40,43-46H,4,6,9,14,16,23,27H2. The lowest BCUT2D eigenvalue weighted by Gasteiger charge is -2.35. The molecular weight excluding hydrogens is 569 g/mol. The maximum absolute atomic E-state index is 3.86. The van der Waals surface area contributed by atoms with Gasteiger partial charge in [-0.3, -0.25) is 0 Å². The van der Waals surface area contributed by atoms with Crippen LogP contribution in [0.3, 0.4) is 0 Å². The van der Waals surface area contributed by atoms with Crippen LogP contribution in [0.2, 0.25) is 0 Å². The summed E-state index contributed by atoms with van der Waals surface area (Å²) >= 11 is 0. The van der Waals surface area contributed by atoms with E-state index in [-0.39, 0.29) is 0 Å². The molecule has 2 aliphatic heterocycles. The Bertz CT molecular complexity index is 2070. The highest BCUT2D eigenvalue weighted by Gasteiger charge is 2.52. The molecule has 1 N–H and O–H groups in total. The summed E-state index contributed by atoms with van der Waals surface area (Å²) in [7, 11) is 0. The maximum Gasteiger partial charge on any atom is 0.103 e. The van der Waals surface area contributed by atoms with Crippen LogP contribution in [0.4, 0.5) is 0 Å². The predicted octanol–water partition coefficient (Wildman–Crippen LogP) is 8.28. The number of allylic oxidation sites excluding steroid dienone is 21. The monoisotopic (exact) mass is 610 g/mol. The van der Waals surface area contributed by atoms with Gasteiger partial charge in [0.15, 0.2) is 0 Å². The minimum Gasteiger partial charge on any atom is -0.367 e. The van der Waals surface area contributed by atoms with Crippen LogP contribution in [-0.2, 0) is 0 Å². The Balaban J connectivity index is 1.09. The highest BCUT2D eigenvalue weighted by molar-refractivity contribution is 5.85. The lowest BCUT2D eigenvalue weighted by Crippen LogP contribution is -2.40. The molecule has 1 aromatic rings. The SMILES string of the molecule is C1=CCCC(C2=c3ccccc3=C(C3=CC=CCC3)C3C4=CC=C(C5=CC=CC(C6=CN7C=CCCC7N6)C5)C5C=CC=C(C45)C23)=C1. The molecule has 7 aliphatic carbocycles. The zero-order valence-electron chi connectivity index (χ0n) is 27.0. The molecule has 0 radical (unpaired) electrons. The van der Waals surface area contributed by atoms with Gasteiger partial charge >= 0.3 is 0 Å². The lowest BCUT2D eigenvalue weighted by molar-refractivity contribution is 0.325. The second-order valence-corrected chi connectivity index (χ2v) is 14.5. The summed E-state index contributed by atoms with van der Waals surface area (Å²) in [6, 6.07) is 9.37. The zero-order valence-corrected chi connectivity index (χ0v) is 27.0. The van der Waals surface area contributed by atoms with E-state index in [1.165, 1.54) is 44.8 Å². The number of fused-ring (bicyclic) bond motifs is 5. The van der Waals surface area contributed by atoms with E-state index in [9.17, 15) is 0 Å². The molecule has 2 nitrogen and oxygen atoms in total. The number of nitrogens with one attached hydrogen (secondary N) is 1. The maximum atomic E-state index is 3.86. The molecule has 1 fully saturated rings. The van der Waals surface area contributed by atoms with Crippen molar-refractivity contribution in [1.82, 2.24) is 10.2 Å². The molecule has 10 rings (SSSR count). The number of hydrogen-bond donors (Lipinski definition) is 1. The summed E-state index contributed by atoms with van der Waals surface area (Å²) in [6.45, 7) is 0. The Morgan fingerprint density at radius 3 is 2.04 bits per heavy atom. The molecule has 6 atom stereocenters. The van der Waals surface area contributed by atoms with Crippen molar-refractivity contribution in [3.63, 3.8) is 0 Å². The van der Waals surface area contributed by atoms with Crippen molar-refractivity contribution in [2.24, 2.45) is 29.6 Å². The lowest BCUT2D eigenvalue weighted by atomic mass is 9.69. The van der Waals surface area contributed by atoms with Gasteiger partial charge in [0.1, 0.15) is 6.17 Å². The zero-order chi connectivity index (χ0) is 30.9. The highest BCUT2D eigenvalue weighted by Crippen LogP contribution is 2.62.